The fourth-order valence-corrected chi connectivity index (χ4v) is 2.56. The summed E-state index contributed by atoms with van der Waals surface area (Å²) in [6.07, 6.45) is 2.54. The minimum absolute atomic E-state index is 0.0222. The molecule has 0 N–H and O–H groups in total. The van der Waals surface area contributed by atoms with Gasteiger partial charge in [-0.3, -0.25) is 0 Å². The molecule has 0 nitrogen and oxygen atoms in total. The van der Waals surface area contributed by atoms with Crippen LogP contribution in [0.3, 0.4) is 0 Å². The van der Waals surface area contributed by atoms with Gasteiger partial charge >= 0.3 is 0 Å². The van der Waals surface area contributed by atoms with Crippen molar-refractivity contribution in [3.05, 3.63) is 35.1 Å². The Morgan fingerprint density at radius 3 is 1.95 bits per heavy atom. The van der Waals surface area contributed by atoms with Crippen molar-refractivity contribution in [1.29, 1.82) is 0 Å². The molecule has 0 aliphatic carbocycles. The molecule has 21 heavy (non-hydrogen) atoms. The topological polar surface area (TPSA) is 0 Å². The zero-order valence-electron chi connectivity index (χ0n) is 14.0. The van der Waals surface area contributed by atoms with E-state index in [9.17, 15) is 13.2 Å². The second kappa shape index (κ2) is 6.41. The first kappa shape index (κ1) is 18.1. The van der Waals surface area contributed by atoms with E-state index in [0.717, 1.165) is 25.3 Å². The summed E-state index contributed by atoms with van der Waals surface area (Å²) >= 11 is 0. The maximum atomic E-state index is 14.2. The average molecular weight is 300 g/mol. The van der Waals surface area contributed by atoms with E-state index in [1.54, 1.807) is 0 Å². The molecule has 0 amide bonds. The van der Waals surface area contributed by atoms with Crippen LogP contribution < -0.4 is 0 Å². The Hall–Kier alpha value is -0.990. The number of hydrogen-bond acceptors (Lipinski definition) is 0. The van der Waals surface area contributed by atoms with Crippen LogP contribution >= 0.6 is 0 Å². The van der Waals surface area contributed by atoms with Crippen LogP contribution in [0.15, 0.2) is 12.1 Å². The number of hydrogen-bond donors (Lipinski definition) is 0. The molecule has 0 saturated heterocycles. The van der Waals surface area contributed by atoms with E-state index in [1.807, 2.05) is 6.92 Å². The first-order valence-electron chi connectivity index (χ1n) is 7.69. The largest absolute Gasteiger partial charge is 0.204 e. The van der Waals surface area contributed by atoms with Crippen LogP contribution in [0.1, 0.15) is 72.3 Å². The minimum atomic E-state index is -1.36. The molecule has 0 fully saturated rings. The smallest absolute Gasteiger partial charge is 0.194 e. The molecule has 0 aliphatic rings. The third-order valence-electron chi connectivity index (χ3n) is 5.01. The molecule has 1 unspecified atom stereocenters. The van der Waals surface area contributed by atoms with Gasteiger partial charge in [-0.1, -0.05) is 60.5 Å². The second-order valence-electron chi connectivity index (χ2n) is 7.38. The lowest BCUT2D eigenvalue weighted by atomic mass is 9.66. The standard InChI is InChI=1S/C18H27F3/c1-7-17(3,4)11-13(18(5,6)8-2)12-9-10-14(19)16(21)15(12)20/h9-10,13H,7-8,11H2,1-6H3. The third kappa shape index (κ3) is 4.02. The summed E-state index contributed by atoms with van der Waals surface area (Å²) in [6.45, 7) is 12.5. The van der Waals surface area contributed by atoms with Crippen molar-refractivity contribution < 1.29 is 13.2 Å². The van der Waals surface area contributed by atoms with Crippen LogP contribution in [-0.4, -0.2) is 0 Å². The Bertz CT molecular complexity index is 489. The van der Waals surface area contributed by atoms with Crippen LogP contribution in [-0.2, 0) is 0 Å². The fraction of sp³-hybridized carbons (Fsp3) is 0.667. The predicted octanol–water partition coefficient (Wildman–Crippen LogP) is 6.45. The van der Waals surface area contributed by atoms with Crippen LogP contribution in [0.5, 0.6) is 0 Å². The van der Waals surface area contributed by atoms with E-state index >= 15 is 0 Å². The molecule has 120 valence electrons. The highest BCUT2D eigenvalue weighted by Crippen LogP contribution is 2.47. The predicted molar refractivity (Wildman–Crippen MR) is 81.8 cm³/mol. The molecule has 3 heteroatoms. The van der Waals surface area contributed by atoms with Gasteiger partial charge < -0.3 is 0 Å². The summed E-state index contributed by atoms with van der Waals surface area (Å²) in [5, 5.41) is 0. The van der Waals surface area contributed by atoms with Gasteiger partial charge in [-0.25, -0.2) is 13.2 Å². The number of halogens is 3. The summed E-state index contributed by atoms with van der Waals surface area (Å²) < 4.78 is 41.0. The molecule has 0 spiro atoms. The molecule has 1 aromatic rings. The summed E-state index contributed by atoms with van der Waals surface area (Å²) in [4.78, 5) is 0. The van der Waals surface area contributed by atoms with Crippen molar-refractivity contribution >= 4 is 0 Å². The first-order chi connectivity index (χ1) is 9.55. The Balaban J connectivity index is 3.35. The van der Waals surface area contributed by atoms with E-state index in [2.05, 4.69) is 34.6 Å². The van der Waals surface area contributed by atoms with Crippen molar-refractivity contribution in [3.63, 3.8) is 0 Å². The van der Waals surface area contributed by atoms with Gasteiger partial charge in [0.05, 0.1) is 0 Å². The lowest BCUT2D eigenvalue weighted by Crippen LogP contribution is -2.28. The van der Waals surface area contributed by atoms with Gasteiger partial charge in [0.2, 0.25) is 0 Å². The normalized spacial score (nSPS) is 14.3. The fourth-order valence-electron chi connectivity index (χ4n) is 2.56. The second-order valence-corrected chi connectivity index (χ2v) is 7.38. The van der Waals surface area contributed by atoms with Gasteiger partial charge in [-0.15, -0.1) is 0 Å². The average Bonchev–Trinajstić information content (AvgIpc) is 2.43. The summed E-state index contributed by atoms with van der Waals surface area (Å²) in [7, 11) is 0. The quantitative estimate of drug-likeness (QED) is 0.529. The molecule has 1 aromatic carbocycles. The third-order valence-corrected chi connectivity index (χ3v) is 5.01. The minimum Gasteiger partial charge on any atom is -0.204 e. The molecule has 1 atom stereocenters. The van der Waals surface area contributed by atoms with E-state index in [1.165, 1.54) is 6.07 Å². The molecule has 0 aliphatic heterocycles. The highest BCUT2D eigenvalue weighted by atomic mass is 19.2. The molecule has 0 saturated carbocycles. The number of benzene rings is 1. The van der Waals surface area contributed by atoms with Gasteiger partial charge in [0.15, 0.2) is 17.5 Å². The highest BCUT2D eigenvalue weighted by molar-refractivity contribution is 5.26. The van der Waals surface area contributed by atoms with Crippen molar-refractivity contribution in [3.8, 4) is 0 Å². The molecule has 1 rings (SSSR count). The van der Waals surface area contributed by atoms with Crippen LogP contribution in [0.2, 0.25) is 0 Å². The Morgan fingerprint density at radius 1 is 0.905 bits per heavy atom. The maximum absolute atomic E-state index is 14.2. The van der Waals surface area contributed by atoms with Crippen molar-refractivity contribution in [1.82, 2.24) is 0 Å². The zero-order chi connectivity index (χ0) is 16.4. The molecule has 0 heterocycles. The highest BCUT2D eigenvalue weighted by Gasteiger charge is 2.36. The lowest BCUT2D eigenvalue weighted by molar-refractivity contribution is 0.183. The molecular formula is C18H27F3. The van der Waals surface area contributed by atoms with Gasteiger partial charge in [0.25, 0.3) is 0 Å². The van der Waals surface area contributed by atoms with Crippen LogP contribution in [0.25, 0.3) is 0 Å². The monoisotopic (exact) mass is 300 g/mol. The van der Waals surface area contributed by atoms with Crippen molar-refractivity contribution in [2.24, 2.45) is 10.8 Å². The van der Waals surface area contributed by atoms with Crippen LogP contribution in [0, 0.1) is 28.3 Å². The number of rotatable bonds is 6. The molecule has 0 radical (unpaired) electrons. The Morgan fingerprint density at radius 2 is 1.48 bits per heavy atom. The van der Waals surface area contributed by atoms with E-state index in [0.29, 0.717) is 5.56 Å². The van der Waals surface area contributed by atoms with Crippen molar-refractivity contribution in [2.45, 2.75) is 66.7 Å². The van der Waals surface area contributed by atoms with Gasteiger partial charge in [0, 0.05) is 0 Å². The Labute approximate surface area is 126 Å². The summed E-state index contributed by atoms with van der Waals surface area (Å²) in [5.74, 6) is -3.67. The lowest BCUT2D eigenvalue weighted by Gasteiger charge is -2.39. The molecular weight excluding hydrogens is 273 g/mol. The van der Waals surface area contributed by atoms with E-state index in [-0.39, 0.29) is 16.7 Å². The summed E-state index contributed by atoms with van der Waals surface area (Å²) in [6, 6.07) is 2.44. The maximum Gasteiger partial charge on any atom is 0.194 e. The first-order valence-corrected chi connectivity index (χ1v) is 7.69. The molecule has 0 bridgehead atoms. The van der Waals surface area contributed by atoms with Gasteiger partial charge in [-0.05, 0) is 34.8 Å². The van der Waals surface area contributed by atoms with Gasteiger partial charge in [0.1, 0.15) is 0 Å². The van der Waals surface area contributed by atoms with Crippen molar-refractivity contribution in [2.75, 3.05) is 0 Å². The zero-order valence-corrected chi connectivity index (χ0v) is 14.0. The Kier molecular flexibility index (Phi) is 5.51. The molecule has 0 aromatic heterocycles. The van der Waals surface area contributed by atoms with Gasteiger partial charge in [-0.2, -0.15) is 0 Å². The van der Waals surface area contributed by atoms with E-state index in [4.69, 9.17) is 0 Å². The van der Waals surface area contributed by atoms with E-state index < -0.39 is 17.5 Å². The van der Waals surface area contributed by atoms with Crippen LogP contribution in [0.4, 0.5) is 13.2 Å². The SMILES string of the molecule is CCC(C)(C)CC(c1ccc(F)c(F)c1F)C(C)(C)CC. The summed E-state index contributed by atoms with van der Waals surface area (Å²) in [5.41, 5.74) is 0.133.